The van der Waals surface area contributed by atoms with Gasteiger partial charge in [-0.25, -0.2) is 0 Å². The number of aldehydes is 1. The minimum absolute atomic E-state index is 0.106. The highest BCUT2D eigenvalue weighted by molar-refractivity contribution is 5.74. The summed E-state index contributed by atoms with van der Waals surface area (Å²) in [5.41, 5.74) is 4.42. The Labute approximate surface area is 206 Å². The van der Waals surface area contributed by atoms with E-state index in [0.717, 1.165) is 49.5 Å². The van der Waals surface area contributed by atoms with Crippen LogP contribution in [0.3, 0.4) is 0 Å². The van der Waals surface area contributed by atoms with Crippen LogP contribution in [0, 0.1) is 11.3 Å². The zero-order valence-corrected chi connectivity index (χ0v) is 22.0. The van der Waals surface area contributed by atoms with Crippen LogP contribution in [0.15, 0.2) is 58.2 Å². The Morgan fingerprint density at radius 1 is 1.21 bits per heavy atom. The third kappa shape index (κ3) is 5.72. The van der Waals surface area contributed by atoms with E-state index in [2.05, 4.69) is 58.1 Å². The van der Waals surface area contributed by atoms with E-state index in [4.69, 9.17) is 9.47 Å². The summed E-state index contributed by atoms with van der Waals surface area (Å²) in [6.45, 7) is 13.0. The van der Waals surface area contributed by atoms with Gasteiger partial charge in [0.05, 0.1) is 17.1 Å². The molecule has 3 rings (SSSR count). The fraction of sp³-hybridized carbons (Fsp3) is 0.633. The number of hydrogen-bond acceptors (Lipinski definition) is 4. The maximum atomic E-state index is 11.7. The minimum atomic E-state index is -0.906. The van der Waals surface area contributed by atoms with Crippen LogP contribution in [0.1, 0.15) is 86.5 Å². The van der Waals surface area contributed by atoms with E-state index in [1.54, 1.807) is 0 Å². The Bertz CT molecular complexity index is 897. The van der Waals surface area contributed by atoms with E-state index in [-0.39, 0.29) is 12.0 Å². The molecule has 188 valence electrons. The van der Waals surface area contributed by atoms with Crippen molar-refractivity contribution in [2.75, 3.05) is 6.61 Å². The molecule has 2 saturated heterocycles. The lowest BCUT2D eigenvalue weighted by molar-refractivity contribution is -0.230. The van der Waals surface area contributed by atoms with Gasteiger partial charge in [-0.15, -0.1) is 0 Å². The van der Waals surface area contributed by atoms with Crippen molar-refractivity contribution in [3.05, 3.63) is 58.2 Å². The Morgan fingerprint density at radius 2 is 1.97 bits per heavy atom. The zero-order chi connectivity index (χ0) is 24.9. The largest absolute Gasteiger partial charge is 0.389 e. The maximum Gasteiger partial charge on any atom is 0.167 e. The number of rotatable bonds is 7. The molecule has 1 spiro atoms. The normalized spacial score (nSPS) is 36.0. The first kappa shape index (κ1) is 26.8. The number of carbonyl (C=O) groups excluding carboxylic acids is 1. The Hall–Kier alpha value is -1.75. The van der Waals surface area contributed by atoms with Gasteiger partial charge in [-0.3, -0.25) is 4.79 Å². The zero-order valence-electron chi connectivity index (χ0n) is 22.0. The molecular formula is C30H44O4. The van der Waals surface area contributed by atoms with Gasteiger partial charge in [-0.05, 0) is 98.0 Å². The van der Waals surface area contributed by atoms with Gasteiger partial charge in [0.15, 0.2) is 6.29 Å². The molecule has 0 aromatic rings. The monoisotopic (exact) mass is 468 g/mol. The summed E-state index contributed by atoms with van der Waals surface area (Å²) in [6, 6.07) is 0. The number of ether oxygens (including phenoxy) is 2. The van der Waals surface area contributed by atoms with Gasteiger partial charge in [-0.1, -0.05) is 52.7 Å². The van der Waals surface area contributed by atoms with Crippen molar-refractivity contribution in [3.8, 4) is 0 Å². The summed E-state index contributed by atoms with van der Waals surface area (Å²) < 4.78 is 12.7. The van der Waals surface area contributed by atoms with Crippen LogP contribution in [0.25, 0.3) is 0 Å². The molecule has 2 aliphatic heterocycles. The highest BCUT2D eigenvalue weighted by Gasteiger charge is 2.65. The molecule has 4 heteroatoms. The lowest BCUT2D eigenvalue weighted by atomic mass is 9.53. The van der Waals surface area contributed by atoms with Crippen molar-refractivity contribution in [2.45, 2.75) is 104 Å². The van der Waals surface area contributed by atoms with Crippen molar-refractivity contribution in [2.24, 2.45) is 11.3 Å². The molecule has 1 N–H and O–H groups in total. The van der Waals surface area contributed by atoms with Crippen LogP contribution in [0.2, 0.25) is 0 Å². The molecular weight excluding hydrogens is 424 g/mol. The summed E-state index contributed by atoms with van der Waals surface area (Å²) in [4.78, 5) is 11.7. The van der Waals surface area contributed by atoms with Crippen molar-refractivity contribution >= 4 is 6.29 Å². The van der Waals surface area contributed by atoms with Crippen LogP contribution in [0.5, 0.6) is 0 Å². The highest BCUT2D eigenvalue weighted by atomic mass is 16.7. The van der Waals surface area contributed by atoms with Gasteiger partial charge >= 0.3 is 0 Å². The quantitative estimate of drug-likeness (QED) is 0.194. The smallest absolute Gasteiger partial charge is 0.167 e. The van der Waals surface area contributed by atoms with E-state index >= 15 is 0 Å². The minimum Gasteiger partial charge on any atom is -0.389 e. The van der Waals surface area contributed by atoms with Crippen LogP contribution in [0.4, 0.5) is 0 Å². The molecule has 0 radical (unpaired) electrons. The van der Waals surface area contributed by atoms with Crippen molar-refractivity contribution in [3.63, 3.8) is 0 Å². The van der Waals surface area contributed by atoms with Gasteiger partial charge in [0.25, 0.3) is 0 Å². The topological polar surface area (TPSA) is 55.8 Å². The molecule has 3 fully saturated rings. The third-order valence-electron chi connectivity index (χ3n) is 8.05. The molecule has 1 saturated carbocycles. The molecule has 0 unspecified atom stereocenters. The van der Waals surface area contributed by atoms with Crippen LogP contribution in [-0.4, -0.2) is 36.0 Å². The lowest BCUT2D eigenvalue weighted by Gasteiger charge is -2.53. The Kier molecular flexibility index (Phi) is 8.94. The van der Waals surface area contributed by atoms with E-state index in [0.29, 0.717) is 19.4 Å². The van der Waals surface area contributed by atoms with Gasteiger partial charge in [0.1, 0.15) is 6.29 Å². The van der Waals surface area contributed by atoms with Crippen molar-refractivity contribution in [1.29, 1.82) is 0 Å². The van der Waals surface area contributed by atoms with Crippen LogP contribution >= 0.6 is 0 Å². The van der Waals surface area contributed by atoms with Gasteiger partial charge < -0.3 is 14.6 Å². The van der Waals surface area contributed by atoms with Gasteiger partial charge in [-0.2, -0.15) is 0 Å². The number of carbonyl (C=O) groups is 1. The van der Waals surface area contributed by atoms with Crippen molar-refractivity contribution in [1.82, 2.24) is 0 Å². The fourth-order valence-electron chi connectivity index (χ4n) is 6.14. The average Bonchev–Trinajstić information content (AvgIpc) is 3.02. The molecule has 0 bridgehead atoms. The molecule has 5 atom stereocenters. The second-order valence-electron chi connectivity index (χ2n) is 11.0. The first-order chi connectivity index (χ1) is 16.1. The van der Waals surface area contributed by atoms with Gasteiger partial charge in [0.2, 0.25) is 0 Å². The first-order valence-electron chi connectivity index (χ1n) is 12.9. The Morgan fingerprint density at radius 3 is 2.68 bits per heavy atom. The fourth-order valence-corrected chi connectivity index (χ4v) is 6.14. The molecule has 4 nitrogen and oxygen atoms in total. The van der Waals surface area contributed by atoms with Crippen LogP contribution < -0.4 is 0 Å². The number of aliphatic hydroxyl groups is 1. The summed E-state index contributed by atoms with van der Waals surface area (Å²) in [5.74, 6) is 0.106. The summed E-state index contributed by atoms with van der Waals surface area (Å²) in [6.07, 6.45) is 17.3. The molecule has 0 amide bonds. The molecule has 34 heavy (non-hydrogen) atoms. The molecule has 2 heterocycles. The predicted octanol–water partition coefficient (Wildman–Crippen LogP) is 6.77. The summed E-state index contributed by atoms with van der Waals surface area (Å²) >= 11 is 0. The Balaban J connectivity index is 1.80. The van der Waals surface area contributed by atoms with Crippen LogP contribution in [-0.2, 0) is 14.3 Å². The standard InChI is InChI=1S/C30H44O4/c1-21(2)10-7-11-22(3)12-8-13-23(4)18-25-19-30-27(14-9-17-33-28(30)34-25)26(24(5)20-31)15-16-29(30,6)32/h8,10,12-13,18,20,25,27-28,32H,7,9,11,14-17,19H2,1-6H3/b13-8+,22-12+,23-18-,26-24-/t25-,27-,28-,29+,30+/m1/s1. The maximum absolute atomic E-state index is 11.7. The average molecular weight is 469 g/mol. The first-order valence-corrected chi connectivity index (χ1v) is 12.9. The molecule has 1 aliphatic carbocycles. The lowest BCUT2D eigenvalue weighted by Crippen LogP contribution is -2.58. The predicted molar refractivity (Wildman–Crippen MR) is 138 cm³/mol. The van der Waals surface area contributed by atoms with E-state index in [9.17, 15) is 9.90 Å². The van der Waals surface area contributed by atoms with E-state index in [1.807, 2.05) is 13.8 Å². The van der Waals surface area contributed by atoms with E-state index < -0.39 is 17.3 Å². The van der Waals surface area contributed by atoms with Gasteiger partial charge in [0, 0.05) is 6.61 Å². The van der Waals surface area contributed by atoms with E-state index in [1.165, 1.54) is 16.7 Å². The molecule has 0 aromatic carbocycles. The second kappa shape index (κ2) is 11.3. The molecule has 0 aromatic heterocycles. The third-order valence-corrected chi connectivity index (χ3v) is 8.05. The SMILES string of the molecule is CC(C)=CCC/C(C)=C/C=C/C(C)=C\[C@@H]1C[C@@]23[C@H](OCCC[C@@H]2/C(=C(/C)C=O)CC[C@]3(C)O)O1. The summed E-state index contributed by atoms with van der Waals surface area (Å²) in [7, 11) is 0. The number of allylic oxidation sites excluding steroid dienone is 9. The number of hydrogen-bond donors (Lipinski definition) is 1. The molecule has 3 aliphatic rings. The van der Waals surface area contributed by atoms with Crippen molar-refractivity contribution < 1.29 is 19.4 Å². The highest BCUT2D eigenvalue weighted by Crippen LogP contribution is 2.62. The summed E-state index contributed by atoms with van der Waals surface area (Å²) in [5, 5.41) is 11.7. The second-order valence-corrected chi connectivity index (χ2v) is 11.0.